The smallest absolute Gasteiger partial charge is 0.326 e. The number of aliphatic carboxylic acids is 1. The summed E-state index contributed by atoms with van der Waals surface area (Å²) in [7, 11) is 0. The van der Waals surface area contributed by atoms with Crippen LogP contribution in [-0.2, 0) is 23.2 Å². The first-order valence-corrected chi connectivity index (χ1v) is 10.9. The number of carbonyl (C=O) groups excluding carboxylic acids is 1. The number of carbonyl (C=O) groups is 2. The Balaban J connectivity index is 1.44. The lowest BCUT2D eigenvalue weighted by molar-refractivity contribution is -0.139. The Morgan fingerprint density at radius 1 is 1.15 bits per heavy atom. The van der Waals surface area contributed by atoms with Crippen LogP contribution in [0.15, 0.2) is 54.9 Å². The third-order valence-corrected chi connectivity index (χ3v) is 5.71. The predicted octanol–water partition coefficient (Wildman–Crippen LogP) is 3.24. The van der Waals surface area contributed by atoms with Crippen LogP contribution in [0.2, 0.25) is 0 Å². The number of benzene rings is 2. The summed E-state index contributed by atoms with van der Waals surface area (Å²) in [5, 5.41) is 30.5. The summed E-state index contributed by atoms with van der Waals surface area (Å²) in [5.41, 5.74) is 3.76. The van der Waals surface area contributed by atoms with Crippen LogP contribution < -0.4 is 5.32 Å². The second-order valence-corrected chi connectivity index (χ2v) is 9.36. The van der Waals surface area contributed by atoms with Gasteiger partial charge in [0, 0.05) is 23.5 Å². The Bertz CT molecular complexity index is 1330. The van der Waals surface area contributed by atoms with E-state index in [9.17, 15) is 19.8 Å². The second kappa shape index (κ2) is 9.01. The molecule has 0 fully saturated rings. The van der Waals surface area contributed by atoms with Crippen LogP contribution in [0, 0.1) is 0 Å². The zero-order valence-electron chi connectivity index (χ0n) is 19.2. The number of H-pyrrole nitrogens is 1. The number of phenolic OH excluding ortho intramolecular Hbond substituents is 1. The van der Waals surface area contributed by atoms with Crippen molar-refractivity contribution < 1.29 is 19.8 Å². The first kappa shape index (κ1) is 23.0. The molecule has 9 nitrogen and oxygen atoms in total. The number of fused-ring (bicyclic) bond motifs is 1. The quantitative estimate of drug-likeness (QED) is 0.334. The largest absolute Gasteiger partial charge is 0.508 e. The zero-order chi connectivity index (χ0) is 24.5. The van der Waals surface area contributed by atoms with Gasteiger partial charge in [-0.3, -0.25) is 4.79 Å². The van der Waals surface area contributed by atoms with Crippen LogP contribution in [0.25, 0.3) is 10.9 Å². The van der Waals surface area contributed by atoms with E-state index in [-0.39, 0.29) is 23.3 Å². The van der Waals surface area contributed by atoms with Gasteiger partial charge in [-0.2, -0.15) is 0 Å². The highest BCUT2D eigenvalue weighted by atomic mass is 16.4. The number of rotatable bonds is 7. The lowest BCUT2D eigenvalue weighted by Gasteiger charge is -2.19. The van der Waals surface area contributed by atoms with E-state index in [2.05, 4.69) is 53.5 Å². The van der Waals surface area contributed by atoms with Crippen molar-refractivity contribution in [3.05, 3.63) is 77.2 Å². The van der Waals surface area contributed by atoms with E-state index in [1.165, 1.54) is 11.8 Å². The highest BCUT2D eigenvalue weighted by Gasteiger charge is 2.24. The number of nitrogens with zero attached hydrogens (tertiary/aromatic N) is 3. The Kier molecular flexibility index (Phi) is 6.10. The van der Waals surface area contributed by atoms with E-state index in [1.54, 1.807) is 29.1 Å². The molecular formula is C25H27N5O4. The molecule has 4 N–H and O–H groups in total. The molecule has 34 heavy (non-hydrogen) atoms. The van der Waals surface area contributed by atoms with Gasteiger partial charge in [0.25, 0.3) is 5.91 Å². The minimum atomic E-state index is -1.18. The summed E-state index contributed by atoms with van der Waals surface area (Å²) in [6.07, 6.45) is 3.21. The van der Waals surface area contributed by atoms with Gasteiger partial charge in [0.15, 0.2) is 5.69 Å². The number of aromatic nitrogens is 4. The molecule has 176 valence electrons. The maximum atomic E-state index is 12.7. The van der Waals surface area contributed by atoms with Gasteiger partial charge in [-0.05, 0) is 40.3 Å². The number of hydrogen-bond donors (Lipinski definition) is 4. The van der Waals surface area contributed by atoms with Gasteiger partial charge in [0.1, 0.15) is 11.8 Å². The molecule has 4 aromatic rings. The molecule has 0 saturated heterocycles. The maximum Gasteiger partial charge on any atom is 0.326 e. The van der Waals surface area contributed by atoms with Gasteiger partial charge < -0.3 is 20.5 Å². The van der Waals surface area contributed by atoms with Gasteiger partial charge in [-0.1, -0.05) is 50.3 Å². The van der Waals surface area contributed by atoms with Crippen molar-refractivity contribution in [2.45, 2.75) is 45.2 Å². The standard InChI is InChI=1S/C25H27N5O4/c1-25(2,3)17-6-4-15(5-7-17)13-30-14-22(28-29-30)23(32)27-21(24(33)34)10-16-12-26-20-9-8-18(31)11-19(16)20/h4-9,11-12,14,21,26,31H,10,13H2,1-3H3,(H,27,32)(H,33,34)/t21-/m1/s1. The normalized spacial score (nSPS) is 12.6. The Morgan fingerprint density at radius 3 is 2.56 bits per heavy atom. The van der Waals surface area contributed by atoms with Crippen LogP contribution in [0.3, 0.4) is 0 Å². The van der Waals surface area contributed by atoms with Crippen molar-refractivity contribution in [3.63, 3.8) is 0 Å². The lowest BCUT2D eigenvalue weighted by Crippen LogP contribution is -2.42. The first-order chi connectivity index (χ1) is 16.1. The molecule has 0 unspecified atom stereocenters. The monoisotopic (exact) mass is 461 g/mol. The molecule has 2 aromatic carbocycles. The summed E-state index contributed by atoms with van der Waals surface area (Å²) < 4.78 is 1.54. The summed E-state index contributed by atoms with van der Waals surface area (Å²) in [6.45, 7) is 6.89. The number of carboxylic acid groups (broad SMARTS) is 1. The molecule has 0 spiro atoms. The number of nitrogens with one attached hydrogen (secondary N) is 2. The number of aromatic hydroxyl groups is 1. The molecule has 0 radical (unpaired) electrons. The predicted molar refractivity (Wildman–Crippen MR) is 127 cm³/mol. The van der Waals surface area contributed by atoms with Crippen molar-refractivity contribution in [1.29, 1.82) is 0 Å². The Labute approximate surface area is 196 Å². The fraction of sp³-hybridized carbons (Fsp3) is 0.280. The minimum Gasteiger partial charge on any atom is -0.508 e. The minimum absolute atomic E-state index is 0.0362. The van der Waals surface area contributed by atoms with Crippen LogP contribution in [0.1, 0.15) is 48.0 Å². The molecule has 0 aliphatic rings. The van der Waals surface area contributed by atoms with Gasteiger partial charge in [-0.25, -0.2) is 9.48 Å². The summed E-state index contributed by atoms with van der Waals surface area (Å²) >= 11 is 0. The van der Waals surface area contributed by atoms with Crippen LogP contribution in [0.5, 0.6) is 5.75 Å². The fourth-order valence-electron chi connectivity index (χ4n) is 3.76. The van der Waals surface area contributed by atoms with Gasteiger partial charge in [0.05, 0.1) is 12.7 Å². The highest BCUT2D eigenvalue weighted by molar-refractivity contribution is 5.95. The third-order valence-electron chi connectivity index (χ3n) is 5.71. The van der Waals surface area contributed by atoms with Crippen molar-refractivity contribution >= 4 is 22.8 Å². The summed E-state index contributed by atoms with van der Waals surface area (Å²) in [4.78, 5) is 27.6. The van der Waals surface area contributed by atoms with Crippen LogP contribution in [-0.4, -0.2) is 48.1 Å². The van der Waals surface area contributed by atoms with E-state index in [1.807, 2.05) is 12.1 Å². The van der Waals surface area contributed by atoms with Gasteiger partial charge >= 0.3 is 5.97 Å². The molecular weight excluding hydrogens is 434 g/mol. The van der Waals surface area contributed by atoms with Crippen LogP contribution >= 0.6 is 0 Å². The molecule has 0 aliphatic carbocycles. The molecule has 9 heteroatoms. The molecule has 0 aliphatic heterocycles. The molecule has 2 aromatic heterocycles. The topological polar surface area (TPSA) is 133 Å². The van der Waals surface area contributed by atoms with Crippen LogP contribution in [0.4, 0.5) is 0 Å². The second-order valence-electron chi connectivity index (χ2n) is 9.36. The summed E-state index contributed by atoms with van der Waals surface area (Å²) in [6, 6.07) is 11.8. The third kappa shape index (κ3) is 5.09. The van der Waals surface area contributed by atoms with Crippen molar-refractivity contribution in [2.75, 3.05) is 0 Å². The fourth-order valence-corrected chi connectivity index (χ4v) is 3.76. The van der Waals surface area contributed by atoms with E-state index in [4.69, 9.17) is 0 Å². The maximum absolute atomic E-state index is 12.7. The molecule has 0 bridgehead atoms. The highest BCUT2D eigenvalue weighted by Crippen LogP contribution is 2.24. The average molecular weight is 462 g/mol. The number of hydrogen-bond acceptors (Lipinski definition) is 5. The van der Waals surface area contributed by atoms with E-state index in [0.29, 0.717) is 17.5 Å². The van der Waals surface area contributed by atoms with Gasteiger partial charge in [0.2, 0.25) is 0 Å². The van der Waals surface area contributed by atoms with E-state index in [0.717, 1.165) is 11.1 Å². The molecule has 4 rings (SSSR count). The Morgan fingerprint density at radius 2 is 1.88 bits per heavy atom. The molecule has 1 atom stereocenters. The van der Waals surface area contributed by atoms with E-state index >= 15 is 0 Å². The molecule has 0 saturated carbocycles. The number of amides is 1. The zero-order valence-corrected chi connectivity index (χ0v) is 19.2. The molecule has 1 amide bonds. The average Bonchev–Trinajstić information content (AvgIpc) is 3.40. The SMILES string of the molecule is CC(C)(C)c1ccc(Cn2cc(C(=O)N[C@H](Cc3c[nH]c4ccc(O)cc34)C(=O)O)nn2)cc1. The number of phenols is 1. The Hall–Kier alpha value is -4.14. The number of aromatic amines is 1. The summed E-state index contributed by atoms with van der Waals surface area (Å²) in [5.74, 6) is -1.72. The number of carboxylic acids is 1. The first-order valence-electron chi connectivity index (χ1n) is 10.9. The van der Waals surface area contributed by atoms with Crippen molar-refractivity contribution in [1.82, 2.24) is 25.3 Å². The van der Waals surface area contributed by atoms with Gasteiger partial charge in [-0.15, -0.1) is 5.10 Å². The lowest BCUT2D eigenvalue weighted by atomic mass is 9.87. The molecule has 2 heterocycles. The van der Waals surface area contributed by atoms with Crippen molar-refractivity contribution in [2.24, 2.45) is 0 Å². The van der Waals surface area contributed by atoms with E-state index < -0.39 is 17.9 Å². The van der Waals surface area contributed by atoms with Crippen molar-refractivity contribution in [3.8, 4) is 5.75 Å².